The molecular weight excluding hydrogens is 324 g/mol. The lowest BCUT2D eigenvalue weighted by Crippen LogP contribution is -2.44. The predicted octanol–water partition coefficient (Wildman–Crippen LogP) is 2.62. The maximum atomic E-state index is 12.1. The van der Waals surface area contributed by atoms with E-state index in [0.29, 0.717) is 23.1 Å². The average molecular weight is 345 g/mol. The van der Waals surface area contributed by atoms with Gasteiger partial charge in [0, 0.05) is 34.4 Å². The van der Waals surface area contributed by atoms with Gasteiger partial charge in [0.15, 0.2) is 0 Å². The summed E-state index contributed by atoms with van der Waals surface area (Å²) in [5, 5.41) is 6.32. The van der Waals surface area contributed by atoms with Crippen LogP contribution < -0.4 is 15.4 Å². The van der Waals surface area contributed by atoms with Gasteiger partial charge in [-0.05, 0) is 25.8 Å². The van der Waals surface area contributed by atoms with Gasteiger partial charge >= 0.3 is 6.03 Å². The predicted molar refractivity (Wildman–Crippen MR) is 89.0 cm³/mol. The first-order valence-electron chi connectivity index (χ1n) is 7.25. The van der Waals surface area contributed by atoms with E-state index in [1.165, 1.54) is 0 Å². The number of fused-ring (bicyclic) bond motifs is 1. The lowest BCUT2D eigenvalue weighted by Gasteiger charge is -2.21. The Labute approximate surface area is 138 Å². The third kappa shape index (κ3) is 4.61. The van der Waals surface area contributed by atoms with E-state index < -0.39 is 10.8 Å². The maximum Gasteiger partial charge on any atom is 0.315 e. The van der Waals surface area contributed by atoms with Crippen LogP contribution in [-0.2, 0) is 10.8 Å². The highest BCUT2D eigenvalue weighted by molar-refractivity contribution is 7.84. The minimum atomic E-state index is -0.941. The molecule has 122 valence electrons. The van der Waals surface area contributed by atoms with Crippen molar-refractivity contribution in [3.8, 4) is 5.75 Å². The van der Waals surface area contributed by atoms with Crippen LogP contribution in [0.25, 0.3) is 0 Å². The van der Waals surface area contributed by atoms with Crippen LogP contribution in [0.3, 0.4) is 0 Å². The summed E-state index contributed by atoms with van der Waals surface area (Å²) in [6, 6.07) is 4.99. The Morgan fingerprint density at radius 3 is 3.05 bits per heavy atom. The molecule has 5 nitrogen and oxygen atoms in total. The van der Waals surface area contributed by atoms with Gasteiger partial charge in [0.05, 0.1) is 17.7 Å². The minimum absolute atomic E-state index is 0.143. The third-order valence-corrected chi connectivity index (χ3v) is 4.69. The van der Waals surface area contributed by atoms with Crippen molar-refractivity contribution >= 4 is 28.4 Å². The van der Waals surface area contributed by atoms with E-state index in [9.17, 15) is 9.00 Å². The summed E-state index contributed by atoms with van der Waals surface area (Å²) >= 11 is 6.17. The zero-order valence-electron chi connectivity index (χ0n) is 12.7. The molecule has 0 fully saturated rings. The summed E-state index contributed by atoms with van der Waals surface area (Å²) in [5.74, 6) is 1.08. The SMILES string of the molecule is C[C@H](C[S@](C)=O)NC(=O)N[C@H]1CCCOc2c(Cl)cccc21. The monoisotopic (exact) mass is 344 g/mol. The quantitative estimate of drug-likeness (QED) is 0.882. The number of amides is 2. The van der Waals surface area contributed by atoms with Gasteiger partial charge in [-0.2, -0.15) is 0 Å². The number of nitrogens with one attached hydrogen (secondary N) is 2. The molecule has 2 rings (SSSR count). The van der Waals surface area contributed by atoms with Crippen molar-refractivity contribution in [2.45, 2.75) is 31.8 Å². The molecule has 0 unspecified atom stereocenters. The van der Waals surface area contributed by atoms with Crippen LogP contribution in [0.1, 0.15) is 31.4 Å². The topological polar surface area (TPSA) is 67.4 Å². The molecule has 0 bridgehead atoms. The molecule has 1 aliphatic heterocycles. The Hall–Kier alpha value is -1.27. The van der Waals surface area contributed by atoms with E-state index in [0.717, 1.165) is 18.4 Å². The number of urea groups is 1. The smallest absolute Gasteiger partial charge is 0.315 e. The Bertz CT molecular complexity index is 568. The van der Waals surface area contributed by atoms with E-state index in [4.69, 9.17) is 16.3 Å². The summed E-state index contributed by atoms with van der Waals surface area (Å²) in [4.78, 5) is 12.1. The number of halogens is 1. The lowest BCUT2D eigenvalue weighted by molar-refractivity contribution is 0.234. The van der Waals surface area contributed by atoms with Crippen molar-refractivity contribution < 1.29 is 13.7 Å². The Balaban J connectivity index is 2.05. The van der Waals surface area contributed by atoms with E-state index in [1.807, 2.05) is 19.1 Å². The van der Waals surface area contributed by atoms with Crippen LogP contribution >= 0.6 is 11.6 Å². The summed E-state index contributed by atoms with van der Waals surface area (Å²) in [5.41, 5.74) is 0.895. The molecule has 0 saturated heterocycles. The second-order valence-electron chi connectivity index (χ2n) is 5.46. The zero-order chi connectivity index (χ0) is 16.1. The molecule has 0 aliphatic carbocycles. The number of ether oxygens (including phenoxy) is 1. The molecule has 1 heterocycles. The second kappa shape index (κ2) is 7.83. The van der Waals surface area contributed by atoms with Crippen molar-refractivity contribution in [1.29, 1.82) is 0 Å². The average Bonchev–Trinajstić information content (AvgIpc) is 2.61. The largest absolute Gasteiger partial charge is 0.492 e. The number of benzene rings is 1. The van der Waals surface area contributed by atoms with Crippen molar-refractivity contribution in [3.05, 3.63) is 28.8 Å². The fourth-order valence-corrected chi connectivity index (χ4v) is 3.56. The van der Waals surface area contributed by atoms with Crippen LogP contribution in [0.15, 0.2) is 18.2 Å². The number of hydrogen-bond donors (Lipinski definition) is 2. The van der Waals surface area contributed by atoms with Crippen LogP contribution in [0.5, 0.6) is 5.75 Å². The Morgan fingerprint density at radius 2 is 2.32 bits per heavy atom. The molecule has 1 aliphatic rings. The van der Waals surface area contributed by atoms with Gasteiger partial charge in [-0.1, -0.05) is 23.7 Å². The first-order valence-corrected chi connectivity index (χ1v) is 9.36. The molecule has 0 spiro atoms. The highest BCUT2D eigenvalue weighted by atomic mass is 35.5. The molecular formula is C15H21ClN2O3S. The van der Waals surface area contributed by atoms with Crippen molar-refractivity contribution in [2.75, 3.05) is 18.6 Å². The third-order valence-electron chi connectivity index (χ3n) is 3.42. The lowest BCUT2D eigenvalue weighted by atomic mass is 10.0. The normalized spacial score (nSPS) is 20.0. The molecule has 0 saturated carbocycles. The second-order valence-corrected chi connectivity index (χ2v) is 7.35. The van der Waals surface area contributed by atoms with Crippen molar-refractivity contribution in [2.24, 2.45) is 0 Å². The molecule has 2 N–H and O–H groups in total. The summed E-state index contributed by atoms with van der Waals surface area (Å²) in [7, 11) is -0.941. The van der Waals surface area contributed by atoms with E-state index in [1.54, 1.807) is 12.3 Å². The van der Waals surface area contributed by atoms with Gasteiger partial charge < -0.3 is 15.4 Å². The minimum Gasteiger partial charge on any atom is -0.492 e. The van der Waals surface area contributed by atoms with Gasteiger partial charge in [0.25, 0.3) is 0 Å². The molecule has 7 heteroatoms. The van der Waals surface area contributed by atoms with Gasteiger partial charge in [0.2, 0.25) is 0 Å². The highest BCUT2D eigenvalue weighted by Gasteiger charge is 2.23. The zero-order valence-corrected chi connectivity index (χ0v) is 14.3. The van der Waals surface area contributed by atoms with Crippen LogP contribution in [0, 0.1) is 0 Å². The van der Waals surface area contributed by atoms with Crippen molar-refractivity contribution in [3.63, 3.8) is 0 Å². The van der Waals surface area contributed by atoms with Crippen LogP contribution in [0.2, 0.25) is 5.02 Å². The van der Waals surface area contributed by atoms with Gasteiger partial charge in [-0.15, -0.1) is 0 Å². The molecule has 0 aromatic heterocycles. The van der Waals surface area contributed by atoms with Crippen LogP contribution in [0.4, 0.5) is 4.79 Å². The first kappa shape index (κ1) is 17.1. The van der Waals surface area contributed by atoms with E-state index in [-0.39, 0.29) is 18.1 Å². The summed E-state index contributed by atoms with van der Waals surface area (Å²) in [6.45, 7) is 2.42. The van der Waals surface area contributed by atoms with Gasteiger partial charge in [-0.25, -0.2) is 4.79 Å². The Kier molecular flexibility index (Phi) is 6.08. The fraction of sp³-hybridized carbons (Fsp3) is 0.533. The number of para-hydroxylation sites is 1. The fourth-order valence-electron chi connectivity index (χ4n) is 2.54. The molecule has 1 aromatic carbocycles. The molecule has 3 atom stereocenters. The van der Waals surface area contributed by atoms with E-state index in [2.05, 4.69) is 10.6 Å². The summed E-state index contributed by atoms with van der Waals surface area (Å²) < 4.78 is 16.9. The first-order chi connectivity index (χ1) is 10.5. The molecule has 1 aromatic rings. The highest BCUT2D eigenvalue weighted by Crippen LogP contribution is 2.36. The van der Waals surface area contributed by atoms with Crippen molar-refractivity contribution in [1.82, 2.24) is 10.6 Å². The van der Waals surface area contributed by atoms with Gasteiger partial charge in [0.1, 0.15) is 5.75 Å². The number of hydrogen-bond acceptors (Lipinski definition) is 3. The van der Waals surface area contributed by atoms with Gasteiger partial charge in [-0.3, -0.25) is 4.21 Å². The number of rotatable bonds is 4. The molecule has 0 radical (unpaired) electrons. The summed E-state index contributed by atoms with van der Waals surface area (Å²) in [6.07, 6.45) is 3.25. The standard InChI is InChI=1S/C15H21ClN2O3S/c1-10(9-22(2)20)17-15(19)18-13-7-4-8-21-14-11(13)5-3-6-12(14)16/h3,5-6,10,13H,4,7-9H2,1-2H3,(H2,17,18,19)/t10-,13+,22+/m1/s1. The number of carbonyl (C=O) groups is 1. The Morgan fingerprint density at radius 1 is 1.55 bits per heavy atom. The maximum absolute atomic E-state index is 12.1. The number of carbonyl (C=O) groups excluding carboxylic acids is 1. The molecule has 22 heavy (non-hydrogen) atoms. The molecule has 2 amide bonds. The van der Waals surface area contributed by atoms with Crippen LogP contribution in [-0.4, -0.2) is 34.9 Å². The van der Waals surface area contributed by atoms with E-state index >= 15 is 0 Å².